The van der Waals surface area contributed by atoms with Gasteiger partial charge in [-0.3, -0.25) is 4.79 Å². The number of aromatic nitrogens is 3. The Kier molecular flexibility index (Phi) is 3.44. The van der Waals surface area contributed by atoms with Crippen LogP contribution in [0.25, 0.3) is 10.6 Å². The molecule has 2 aromatic rings. The smallest absolute Gasteiger partial charge is 0.310 e. The van der Waals surface area contributed by atoms with E-state index in [0.29, 0.717) is 17.2 Å². The van der Waals surface area contributed by atoms with Crippen molar-refractivity contribution in [3.8, 4) is 10.6 Å². The molecule has 0 spiro atoms. The van der Waals surface area contributed by atoms with Gasteiger partial charge in [-0.2, -0.15) is 13.2 Å². The van der Waals surface area contributed by atoms with Crippen LogP contribution >= 0.6 is 11.3 Å². The molecule has 0 aliphatic heterocycles. The Morgan fingerprint density at radius 1 is 1.37 bits per heavy atom. The maximum atomic E-state index is 12.5. The van der Waals surface area contributed by atoms with Gasteiger partial charge in [0.1, 0.15) is 5.82 Å². The fourth-order valence-electron chi connectivity index (χ4n) is 1.40. The van der Waals surface area contributed by atoms with E-state index in [0.717, 1.165) is 6.20 Å². The van der Waals surface area contributed by atoms with E-state index in [9.17, 15) is 18.0 Å². The Hall–Kier alpha value is -1.70. The van der Waals surface area contributed by atoms with Crippen LogP contribution in [0.4, 0.5) is 13.2 Å². The van der Waals surface area contributed by atoms with Crippen molar-refractivity contribution in [2.24, 2.45) is 0 Å². The minimum Gasteiger partial charge on any atom is -0.310 e. The van der Waals surface area contributed by atoms with Gasteiger partial charge in [-0.25, -0.2) is 9.97 Å². The molecule has 2 aromatic heterocycles. The highest BCUT2D eigenvalue weighted by atomic mass is 32.1. The van der Waals surface area contributed by atoms with Crippen molar-refractivity contribution >= 4 is 11.3 Å². The molecule has 0 unspecified atom stereocenters. The third-order valence-electron chi connectivity index (χ3n) is 2.31. The third-order valence-corrected chi connectivity index (χ3v) is 3.37. The van der Waals surface area contributed by atoms with E-state index in [1.807, 2.05) is 13.8 Å². The Labute approximate surface area is 110 Å². The topological polar surface area (TPSA) is 58.6 Å². The summed E-state index contributed by atoms with van der Waals surface area (Å²) in [5, 5.41) is -0.948. The van der Waals surface area contributed by atoms with Crippen LogP contribution < -0.4 is 5.56 Å². The maximum absolute atomic E-state index is 12.5. The second-order valence-corrected chi connectivity index (χ2v) is 5.23. The van der Waals surface area contributed by atoms with E-state index < -0.39 is 16.7 Å². The first-order valence-corrected chi connectivity index (χ1v) is 6.23. The van der Waals surface area contributed by atoms with Gasteiger partial charge in [0, 0.05) is 18.2 Å². The van der Waals surface area contributed by atoms with Gasteiger partial charge in [0.15, 0.2) is 5.01 Å². The minimum atomic E-state index is -4.48. The van der Waals surface area contributed by atoms with Gasteiger partial charge in [0.05, 0.1) is 10.6 Å². The number of H-pyrrole nitrogens is 1. The molecule has 0 amide bonds. The van der Waals surface area contributed by atoms with Crippen LogP contribution in [0.2, 0.25) is 0 Å². The highest BCUT2D eigenvalue weighted by Crippen LogP contribution is 2.35. The van der Waals surface area contributed by atoms with Crippen molar-refractivity contribution < 1.29 is 13.2 Å². The maximum Gasteiger partial charge on any atom is 0.443 e. The van der Waals surface area contributed by atoms with Crippen molar-refractivity contribution in [2.75, 3.05) is 0 Å². The lowest BCUT2D eigenvalue weighted by Crippen LogP contribution is -2.11. The summed E-state index contributed by atoms with van der Waals surface area (Å²) in [5.41, 5.74) is -0.184. The number of hydrogen-bond donors (Lipinski definition) is 1. The van der Waals surface area contributed by atoms with E-state index in [-0.39, 0.29) is 16.5 Å². The number of hydrogen-bond acceptors (Lipinski definition) is 4. The summed E-state index contributed by atoms with van der Waals surface area (Å²) in [4.78, 5) is 21.7. The molecule has 2 heterocycles. The molecule has 102 valence electrons. The second kappa shape index (κ2) is 4.76. The zero-order valence-corrected chi connectivity index (χ0v) is 10.9. The molecule has 1 N–H and O–H groups in total. The van der Waals surface area contributed by atoms with Gasteiger partial charge in [-0.05, 0) is 0 Å². The number of halogens is 3. The van der Waals surface area contributed by atoms with Crippen LogP contribution in [0.15, 0.2) is 17.1 Å². The highest BCUT2D eigenvalue weighted by Gasteiger charge is 2.34. The SMILES string of the molecule is CC(C)c1nc(-c2cnc(C(F)(F)F)s2)cc(=O)[nH]1. The normalized spacial score (nSPS) is 12.1. The average Bonchev–Trinajstić information content (AvgIpc) is 2.76. The second-order valence-electron chi connectivity index (χ2n) is 4.20. The van der Waals surface area contributed by atoms with Crippen LogP contribution in [0.3, 0.4) is 0 Å². The molecule has 0 radical (unpaired) electrons. The molecule has 0 bridgehead atoms. The third kappa shape index (κ3) is 3.01. The first-order chi connectivity index (χ1) is 8.77. The van der Waals surface area contributed by atoms with Crippen LogP contribution in [-0.2, 0) is 6.18 Å². The van der Waals surface area contributed by atoms with E-state index in [1.54, 1.807) is 0 Å². The number of aromatic amines is 1. The predicted octanol–water partition coefficient (Wildman–Crippen LogP) is 3.04. The van der Waals surface area contributed by atoms with Crippen LogP contribution in [-0.4, -0.2) is 15.0 Å². The standard InChI is InChI=1S/C11H10F3N3OS/c1-5(2)9-16-6(3-8(18)17-9)7-4-15-10(19-7)11(12,13)14/h3-5H,1-2H3,(H,16,17,18). The highest BCUT2D eigenvalue weighted by molar-refractivity contribution is 7.15. The Morgan fingerprint density at radius 3 is 2.58 bits per heavy atom. The van der Waals surface area contributed by atoms with Crippen LogP contribution in [0.1, 0.15) is 30.6 Å². The molecule has 0 saturated carbocycles. The molecule has 4 nitrogen and oxygen atoms in total. The van der Waals surface area contributed by atoms with Crippen molar-refractivity contribution in [1.82, 2.24) is 15.0 Å². The molecule has 0 aliphatic rings. The largest absolute Gasteiger partial charge is 0.443 e. The van der Waals surface area contributed by atoms with Crippen LogP contribution in [0, 0.1) is 0 Å². The first kappa shape index (κ1) is 13.7. The zero-order chi connectivity index (χ0) is 14.2. The summed E-state index contributed by atoms with van der Waals surface area (Å²) in [6, 6.07) is 1.17. The number of alkyl halides is 3. The molecule has 0 aromatic carbocycles. The van der Waals surface area contributed by atoms with Gasteiger partial charge >= 0.3 is 6.18 Å². The summed E-state index contributed by atoms with van der Waals surface area (Å²) in [7, 11) is 0. The molecule has 0 saturated heterocycles. The van der Waals surface area contributed by atoms with Gasteiger partial charge in [0.25, 0.3) is 5.56 Å². The number of thiazole rings is 1. The monoisotopic (exact) mass is 289 g/mol. The lowest BCUT2D eigenvalue weighted by molar-refractivity contribution is -0.137. The Bertz CT molecular complexity index is 645. The molecule has 0 aliphatic carbocycles. The minimum absolute atomic E-state index is 0.0253. The molecule has 19 heavy (non-hydrogen) atoms. The first-order valence-electron chi connectivity index (χ1n) is 5.42. The molecule has 0 fully saturated rings. The average molecular weight is 289 g/mol. The molecule has 2 rings (SSSR count). The van der Waals surface area contributed by atoms with Crippen LogP contribution in [0.5, 0.6) is 0 Å². The Morgan fingerprint density at radius 2 is 2.05 bits per heavy atom. The van der Waals surface area contributed by atoms with Crippen molar-refractivity contribution in [2.45, 2.75) is 25.9 Å². The lowest BCUT2D eigenvalue weighted by atomic mass is 10.2. The van der Waals surface area contributed by atoms with E-state index in [1.165, 1.54) is 6.07 Å². The quantitative estimate of drug-likeness (QED) is 0.924. The van der Waals surface area contributed by atoms with Gasteiger partial charge < -0.3 is 4.98 Å². The summed E-state index contributed by atoms with van der Waals surface area (Å²) in [5.74, 6) is 0.409. The molecular weight excluding hydrogens is 279 g/mol. The fraction of sp³-hybridized carbons (Fsp3) is 0.364. The summed E-state index contributed by atoms with van der Waals surface area (Å²) in [6.07, 6.45) is -3.40. The fourth-order valence-corrected chi connectivity index (χ4v) is 2.14. The van der Waals surface area contributed by atoms with Gasteiger partial charge in [0.2, 0.25) is 0 Å². The van der Waals surface area contributed by atoms with Crippen molar-refractivity contribution in [3.05, 3.63) is 33.4 Å². The summed E-state index contributed by atoms with van der Waals surface area (Å²) < 4.78 is 37.4. The molecular formula is C11H10F3N3OS. The van der Waals surface area contributed by atoms with E-state index >= 15 is 0 Å². The summed E-state index contributed by atoms with van der Waals surface area (Å²) >= 11 is 0.471. The Balaban J connectivity index is 2.47. The zero-order valence-electron chi connectivity index (χ0n) is 10.1. The van der Waals surface area contributed by atoms with Gasteiger partial charge in [-0.1, -0.05) is 13.8 Å². The molecule has 0 atom stereocenters. The predicted molar refractivity (Wildman–Crippen MR) is 65.1 cm³/mol. The number of nitrogens with one attached hydrogen (secondary N) is 1. The number of nitrogens with zero attached hydrogens (tertiary/aromatic N) is 2. The van der Waals surface area contributed by atoms with Gasteiger partial charge in [-0.15, -0.1) is 11.3 Å². The number of rotatable bonds is 2. The summed E-state index contributed by atoms with van der Waals surface area (Å²) in [6.45, 7) is 3.66. The van der Waals surface area contributed by atoms with Crippen molar-refractivity contribution in [1.29, 1.82) is 0 Å². The van der Waals surface area contributed by atoms with E-state index in [4.69, 9.17) is 0 Å². The van der Waals surface area contributed by atoms with Crippen molar-refractivity contribution in [3.63, 3.8) is 0 Å². The lowest BCUT2D eigenvalue weighted by Gasteiger charge is -2.05. The molecule has 8 heteroatoms. The van der Waals surface area contributed by atoms with E-state index in [2.05, 4.69) is 15.0 Å².